The van der Waals surface area contributed by atoms with Gasteiger partial charge >= 0.3 is 0 Å². The van der Waals surface area contributed by atoms with Gasteiger partial charge in [0.1, 0.15) is 0 Å². The lowest BCUT2D eigenvalue weighted by atomic mass is 10.1. The molecule has 0 spiro atoms. The summed E-state index contributed by atoms with van der Waals surface area (Å²) in [5.74, 6) is -0.119. The second kappa shape index (κ2) is 6.66. The third kappa shape index (κ3) is 3.45. The number of aryl methyl sites for hydroxylation is 1. The van der Waals surface area contributed by atoms with Crippen LogP contribution in [0, 0.1) is 6.92 Å². The molecule has 0 bridgehead atoms. The largest absolute Gasteiger partial charge is 0.305 e. The van der Waals surface area contributed by atoms with Crippen LogP contribution in [-0.4, -0.2) is 35.8 Å². The highest BCUT2D eigenvalue weighted by Crippen LogP contribution is 2.13. The highest BCUT2D eigenvalue weighted by molar-refractivity contribution is 6.05. The van der Waals surface area contributed by atoms with E-state index < -0.39 is 0 Å². The van der Waals surface area contributed by atoms with Crippen LogP contribution in [0.2, 0.25) is 0 Å². The Hall–Kier alpha value is -1.68. The van der Waals surface area contributed by atoms with Crippen molar-refractivity contribution in [3.05, 3.63) is 35.4 Å². The normalized spacial score (nSPS) is 18.9. The van der Waals surface area contributed by atoms with Crippen LogP contribution in [-0.2, 0) is 16.0 Å². The van der Waals surface area contributed by atoms with Crippen molar-refractivity contribution in [3.8, 4) is 0 Å². The Kier molecular flexibility index (Phi) is 4.90. The van der Waals surface area contributed by atoms with E-state index in [9.17, 15) is 9.59 Å². The molecule has 0 saturated carbocycles. The molecule has 1 unspecified atom stereocenters. The van der Waals surface area contributed by atoms with E-state index in [1.807, 2.05) is 13.0 Å². The Bertz CT molecular complexity index is 499. The Labute approximate surface area is 120 Å². The monoisotopic (exact) mass is 274 g/mol. The van der Waals surface area contributed by atoms with E-state index in [2.05, 4.69) is 30.4 Å². The lowest BCUT2D eigenvalue weighted by Gasteiger charge is -2.14. The Balaban J connectivity index is 1.83. The third-order valence-electron chi connectivity index (χ3n) is 3.58. The number of rotatable bonds is 6. The summed E-state index contributed by atoms with van der Waals surface area (Å²) in [6.45, 7) is 5.29. The van der Waals surface area contributed by atoms with Crippen molar-refractivity contribution >= 4 is 11.8 Å². The minimum absolute atomic E-state index is 0.0510. The van der Waals surface area contributed by atoms with Gasteiger partial charge in [-0.2, -0.15) is 0 Å². The predicted molar refractivity (Wildman–Crippen MR) is 78.3 cm³/mol. The van der Waals surface area contributed by atoms with Gasteiger partial charge < -0.3 is 5.32 Å². The minimum Gasteiger partial charge on any atom is -0.305 e. The summed E-state index contributed by atoms with van der Waals surface area (Å²) >= 11 is 0. The molecule has 108 valence electrons. The number of nitrogens with one attached hydrogen (secondary N) is 1. The minimum atomic E-state index is -0.334. The van der Waals surface area contributed by atoms with Gasteiger partial charge in [0.25, 0.3) is 0 Å². The quantitative estimate of drug-likeness (QED) is 0.803. The van der Waals surface area contributed by atoms with Crippen LogP contribution < -0.4 is 5.32 Å². The van der Waals surface area contributed by atoms with E-state index in [1.54, 1.807) is 0 Å². The summed E-state index contributed by atoms with van der Waals surface area (Å²) in [7, 11) is 0. The topological polar surface area (TPSA) is 49.4 Å². The van der Waals surface area contributed by atoms with Gasteiger partial charge in [0.2, 0.25) is 11.8 Å². The van der Waals surface area contributed by atoms with E-state index in [0.29, 0.717) is 19.5 Å². The summed E-state index contributed by atoms with van der Waals surface area (Å²) in [6.07, 6.45) is 1.98. The molecule has 1 aromatic rings. The van der Waals surface area contributed by atoms with Gasteiger partial charge in [-0.3, -0.25) is 14.5 Å². The van der Waals surface area contributed by atoms with Crippen LogP contribution in [0.25, 0.3) is 0 Å². The second-order valence-electron chi connectivity index (χ2n) is 5.33. The molecule has 20 heavy (non-hydrogen) atoms. The Morgan fingerprint density at radius 1 is 1.35 bits per heavy atom. The van der Waals surface area contributed by atoms with Crippen molar-refractivity contribution in [2.24, 2.45) is 0 Å². The van der Waals surface area contributed by atoms with Crippen LogP contribution in [0.15, 0.2) is 24.3 Å². The number of amides is 2. The van der Waals surface area contributed by atoms with Crippen LogP contribution in [0.4, 0.5) is 0 Å². The highest BCUT2D eigenvalue weighted by atomic mass is 16.2. The molecule has 1 aliphatic heterocycles. The number of likely N-dealkylation sites (tertiary alicyclic amines) is 1. The molecular weight excluding hydrogens is 252 g/mol. The van der Waals surface area contributed by atoms with E-state index in [4.69, 9.17) is 0 Å². The number of hydrogen-bond acceptors (Lipinski definition) is 3. The van der Waals surface area contributed by atoms with E-state index in [-0.39, 0.29) is 17.9 Å². The molecule has 1 fully saturated rings. The van der Waals surface area contributed by atoms with Gasteiger partial charge in [-0.15, -0.1) is 0 Å². The Morgan fingerprint density at radius 3 is 2.85 bits per heavy atom. The lowest BCUT2D eigenvalue weighted by molar-refractivity contribution is -0.138. The molecule has 0 aliphatic carbocycles. The van der Waals surface area contributed by atoms with E-state index >= 15 is 0 Å². The molecule has 1 atom stereocenters. The predicted octanol–water partition coefficient (Wildman–Crippen LogP) is 1.66. The standard InChI is InChI=1S/C16H22N2O2/c1-3-9-18-15(19)11-14(16(18)20)17-8-7-13-6-4-5-12(2)10-13/h4-6,10,14,17H,3,7-9,11H2,1-2H3. The van der Waals surface area contributed by atoms with Gasteiger partial charge in [0.15, 0.2) is 0 Å². The number of benzene rings is 1. The first-order chi connectivity index (χ1) is 9.61. The SMILES string of the molecule is CCCN1C(=O)CC(NCCc2cccc(C)c2)C1=O. The summed E-state index contributed by atoms with van der Waals surface area (Å²) in [5.41, 5.74) is 2.49. The van der Waals surface area contributed by atoms with Crippen molar-refractivity contribution in [2.45, 2.75) is 39.2 Å². The maximum atomic E-state index is 12.0. The third-order valence-corrected chi connectivity index (χ3v) is 3.58. The van der Waals surface area contributed by atoms with Gasteiger partial charge in [0.05, 0.1) is 12.5 Å². The van der Waals surface area contributed by atoms with Gasteiger partial charge in [0, 0.05) is 6.54 Å². The zero-order valence-corrected chi connectivity index (χ0v) is 12.2. The molecule has 4 nitrogen and oxygen atoms in total. The van der Waals surface area contributed by atoms with Gasteiger partial charge in [-0.1, -0.05) is 36.8 Å². The molecule has 1 saturated heterocycles. The molecule has 1 aliphatic rings. The fourth-order valence-electron chi connectivity index (χ4n) is 2.56. The molecule has 1 N–H and O–H groups in total. The molecule has 1 heterocycles. The van der Waals surface area contributed by atoms with Crippen LogP contribution in [0.3, 0.4) is 0 Å². The summed E-state index contributed by atoms with van der Waals surface area (Å²) < 4.78 is 0. The van der Waals surface area contributed by atoms with E-state index in [0.717, 1.165) is 12.8 Å². The van der Waals surface area contributed by atoms with Crippen molar-refractivity contribution < 1.29 is 9.59 Å². The second-order valence-corrected chi connectivity index (χ2v) is 5.33. The smallest absolute Gasteiger partial charge is 0.246 e. The fraction of sp³-hybridized carbons (Fsp3) is 0.500. The number of nitrogens with zero attached hydrogens (tertiary/aromatic N) is 1. The van der Waals surface area contributed by atoms with Crippen LogP contribution in [0.5, 0.6) is 0 Å². The summed E-state index contributed by atoms with van der Waals surface area (Å²) in [4.78, 5) is 25.2. The molecular formula is C16H22N2O2. The first-order valence-electron chi connectivity index (χ1n) is 7.25. The lowest BCUT2D eigenvalue weighted by Crippen LogP contribution is -2.39. The zero-order valence-electron chi connectivity index (χ0n) is 12.2. The van der Waals surface area contributed by atoms with Crippen molar-refractivity contribution in [3.63, 3.8) is 0 Å². The van der Waals surface area contributed by atoms with Crippen LogP contribution in [0.1, 0.15) is 30.9 Å². The highest BCUT2D eigenvalue weighted by Gasteiger charge is 2.37. The first-order valence-corrected chi connectivity index (χ1v) is 7.25. The number of imide groups is 1. The van der Waals surface area contributed by atoms with Crippen molar-refractivity contribution in [1.82, 2.24) is 10.2 Å². The molecule has 0 radical (unpaired) electrons. The molecule has 2 rings (SSSR count). The average molecular weight is 274 g/mol. The van der Waals surface area contributed by atoms with Crippen molar-refractivity contribution in [2.75, 3.05) is 13.1 Å². The maximum Gasteiger partial charge on any atom is 0.246 e. The molecule has 1 aromatic carbocycles. The first kappa shape index (κ1) is 14.7. The average Bonchev–Trinajstić information content (AvgIpc) is 2.67. The number of carbonyl (C=O) groups is 2. The molecule has 2 amide bonds. The van der Waals surface area contributed by atoms with Crippen molar-refractivity contribution in [1.29, 1.82) is 0 Å². The Morgan fingerprint density at radius 2 is 2.15 bits per heavy atom. The molecule has 4 heteroatoms. The van der Waals surface area contributed by atoms with Gasteiger partial charge in [-0.05, 0) is 31.9 Å². The summed E-state index contributed by atoms with van der Waals surface area (Å²) in [6, 6.07) is 8.00. The van der Waals surface area contributed by atoms with E-state index in [1.165, 1.54) is 16.0 Å². The summed E-state index contributed by atoms with van der Waals surface area (Å²) in [5, 5.41) is 3.21. The van der Waals surface area contributed by atoms with Gasteiger partial charge in [-0.25, -0.2) is 0 Å². The zero-order chi connectivity index (χ0) is 14.5. The van der Waals surface area contributed by atoms with Crippen LogP contribution >= 0.6 is 0 Å². The maximum absolute atomic E-state index is 12.0. The molecule has 0 aromatic heterocycles. The number of carbonyl (C=O) groups excluding carboxylic acids is 2. The number of hydrogen-bond donors (Lipinski definition) is 1. The fourth-order valence-corrected chi connectivity index (χ4v) is 2.56.